The number of ether oxygens (including phenoxy) is 1. The van der Waals surface area contributed by atoms with Gasteiger partial charge in [-0.15, -0.1) is 0 Å². The summed E-state index contributed by atoms with van der Waals surface area (Å²) in [5.74, 6) is 1.26. The second-order valence-electron chi connectivity index (χ2n) is 8.99. The normalized spacial score (nSPS) is 12.1. The zero-order valence-electron chi connectivity index (χ0n) is 20.8. The second kappa shape index (κ2) is 9.91. The molecule has 0 bridgehead atoms. The summed E-state index contributed by atoms with van der Waals surface area (Å²) in [4.78, 5) is 9.50. The number of fused-ring (bicyclic) bond motifs is 1. The van der Waals surface area contributed by atoms with Crippen LogP contribution in [0.1, 0.15) is 13.8 Å². The first kappa shape index (κ1) is 25.7. The predicted octanol–water partition coefficient (Wildman–Crippen LogP) is 5.56. The predicted molar refractivity (Wildman–Crippen MR) is 147 cm³/mol. The molecule has 4 aromatic rings. The number of anilines is 4. The van der Waals surface area contributed by atoms with Crippen molar-refractivity contribution < 1.29 is 17.7 Å². The van der Waals surface area contributed by atoms with Gasteiger partial charge in [-0.3, -0.25) is 0 Å². The average Bonchev–Trinajstić information content (AvgIpc) is 2.83. The average molecular weight is 525 g/mol. The van der Waals surface area contributed by atoms with E-state index in [1.165, 1.54) is 0 Å². The van der Waals surface area contributed by atoms with Gasteiger partial charge in [0.05, 0.1) is 34.1 Å². The Hall–Kier alpha value is -3.42. The Labute approximate surface area is 211 Å². The SMILES string of the molecule is COc1cc(P(C)(C)=O)ccc1Nc1nc(Nc2ccccc2S(=O)(=O)C(C)C)c2ccccc2n1. The van der Waals surface area contributed by atoms with Crippen LogP contribution in [0.4, 0.5) is 23.1 Å². The zero-order valence-corrected chi connectivity index (χ0v) is 22.5. The number of rotatable bonds is 8. The molecule has 0 saturated carbocycles. The zero-order chi connectivity index (χ0) is 26.1. The van der Waals surface area contributed by atoms with Crippen molar-refractivity contribution in [2.75, 3.05) is 31.1 Å². The van der Waals surface area contributed by atoms with Crippen LogP contribution in [0.3, 0.4) is 0 Å². The highest BCUT2D eigenvalue weighted by molar-refractivity contribution is 7.92. The van der Waals surface area contributed by atoms with Crippen molar-refractivity contribution >= 4 is 56.3 Å². The Kier molecular flexibility index (Phi) is 7.07. The van der Waals surface area contributed by atoms with Gasteiger partial charge in [0.2, 0.25) is 5.95 Å². The maximum Gasteiger partial charge on any atom is 0.229 e. The van der Waals surface area contributed by atoms with Crippen LogP contribution in [0.5, 0.6) is 5.75 Å². The molecule has 0 radical (unpaired) electrons. The number of benzene rings is 3. The van der Waals surface area contributed by atoms with Gasteiger partial charge in [-0.05, 0) is 69.6 Å². The lowest BCUT2D eigenvalue weighted by molar-refractivity contribution is 0.417. The minimum absolute atomic E-state index is 0.207. The molecule has 0 saturated heterocycles. The van der Waals surface area contributed by atoms with Crippen molar-refractivity contribution in [3.8, 4) is 5.75 Å². The highest BCUT2D eigenvalue weighted by atomic mass is 32.2. The largest absolute Gasteiger partial charge is 0.495 e. The summed E-state index contributed by atoms with van der Waals surface area (Å²) in [6.07, 6.45) is 0. The lowest BCUT2D eigenvalue weighted by Gasteiger charge is -2.17. The van der Waals surface area contributed by atoms with Crippen molar-refractivity contribution in [1.29, 1.82) is 0 Å². The van der Waals surface area contributed by atoms with Gasteiger partial charge in [0, 0.05) is 10.7 Å². The second-order valence-corrected chi connectivity index (χ2v) is 14.7. The molecule has 0 aliphatic carbocycles. The summed E-state index contributed by atoms with van der Waals surface area (Å²) in [6, 6.07) is 19.6. The summed E-state index contributed by atoms with van der Waals surface area (Å²) in [5.41, 5.74) is 1.71. The van der Waals surface area contributed by atoms with Crippen molar-refractivity contribution in [1.82, 2.24) is 9.97 Å². The number of aromatic nitrogens is 2. The fourth-order valence-electron chi connectivity index (χ4n) is 3.67. The molecule has 4 rings (SSSR count). The highest BCUT2D eigenvalue weighted by Crippen LogP contribution is 2.38. The third-order valence-corrected chi connectivity index (χ3v) is 9.46. The Bertz CT molecular complexity index is 1580. The molecule has 0 amide bonds. The third-order valence-electron chi connectivity index (χ3n) is 5.72. The molecule has 188 valence electrons. The Morgan fingerprint density at radius 2 is 1.58 bits per heavy atom. The van der Waals surface area contributed by atoms with Crippen LogP contribution >= 0.6 is 7.14 Å². The Balaban J connectivity index is 1.79. The van der Waals surface area contributed by atoms with Crippen LogP contribution in [-0.2, 0) is 14.4 Å². The number of sulfone groups is 1. The van der Waals surface area contributed by atoms with Crippen molar-refractivity contribution in [3.05, 3.63) is 66.7 Å². The number of nitrogens with zero attached hydrogens (tertiary/aromatic N) is 2. The van der Waals surface area contributed by atoms with Gasteiger partial charge in [0.25, 0.3) is 0 Å². The molecule has 0 aliphatic heterocycles. The molecule has 2 N–H and O–H groups in total. The molecule has 36 heavy (non-hydrogen) atoms. The molecule has 0 spiro atoms. The van der Waals surface area contributed by atoms with Gasteiger partial charge in [-0.1, -0.05) is 24.3 Å². The van der Waals surface area contributed by atoms with E-state index in [4.69, 9.17) is 4.74 Å². The minimum Gasteiger partial charge on any atom is -0.495 e. The van der Waals surface area contributed by atoms with Gasteiger partial charge in [-0.2, -0.15) is 4.98 Å². The molecular formula is C26H29N4O4PS. The van der Waals surface area contributed by atoms with E-state index in [0.717, 1.165) is 5.39 Å². The molecule has 8 nitrogen and oxygen atoms in total. The van der Waals surface area contributed by atoms with Gasteiger partial charge in [0.1, 0.15) is 18.7 Å². The first-order valence-electron chi connectivity index (χ1n) is 11.4. The highest BCUT2D eigenvalue weighted by Gasteiger charge is 2.23. The minimum atomic E-state index is -3.53. The van der Waals surface area contributed by atoms with Crippen molar-refractivity contribution in [2.45, 2.75) is 24.0 Å². The van der Waals surface area contributed by atoms with Gasteiger partial charge >= 0.3 is 0 Å². The topological polar surface area (TPSA) is 110 Å². The number of methoxy groups -OCH3 is 1. The molecule has 0 fully saturated rings. The molecule has 0 unspecified atom stereocenters. The van der Waals surface area contributed by atoms with E-state index in [2.05, 4.69) is 20.6 Å². The molecular weight excluding hydrogens is 495 g/mol. The first-order valence-corrected chi connectivity index (χ1v) is 15.5. The maximum absolute atomic E-state index is 13.0. The van der Waals surface area contributed by atoms with Gasteiger partial charge in [0.15, 0.2) is 9.84 Å². The fraction of sp³-hybridized carbons (Fsp3) is 0.231. The van der Waals surface area contributed by atoms with Gasteiger partial charge in [-0.25, -0.2) is 13.4 Å². The fourth-order valence-corrected chi connectivity index (χ4v) is 5.73. The standard InChI is InChI=1S/C26H29N4O4PS/c1-17(2)36(32,33)24-13-9-8-12-22(24)27-25-19-10-6-7-11-20(19)28-26(30-25)29-21-15-14-18(35(4,5)31)16-23(21)34-3/h6-17H,1-5H3,(H2,27,28,29,30). The maximum atomic E-state index is 13.0. The molecule has 1 aromatic heterocycles. The van der Waals surface area contributed by atoms with E-state index in [9.17, 15) is 13.0 Å². The number of nitrogens with one attached hydrogen (secondary N) is 2. The third kappa shape index (κ3) is 5.22. The van der Waals surface area contributed by atoms with Crippen LogP contribution in [0, 0.1) is 0 Å². The monoisotopic (exact) mass is 524 g/mol. The number of hydrogen-bond acceptors (Lipinski definition) is 8. The lowest BCUT2D eigenvalue weighted by Crippen LogP contribution is -2.15. The quantitative estimate of drug-likeness (QED) is 0.289. The molecule has 3 aromatic carbocycles. The van der Waals surface area contributed by atoms with E-state index in [-0.39, 0.29) is 4.90 Å². The van der Waals surface area contributed by atoms with Crippen LogP contribution in [-0.4, -0.2) is 44.1 Å². The lowest BCUT2D eigenvalue weighted by atomic mass is 10.2. The summed E-state index contributed by atoms with van der Waals surface area (Å²) in [5, 5.41) is 7.28. The van der Waals surface area contributed by atoms with Crippen LogP contribution in [0.15, 0.2) is 71.6 Å². The smallest absolute Gasteiger partial charge is 0.229 e. The Morgan fingerprint density at radius 1 is 0.889 bits per heavy atom. The first-order chi connectivity index (χ1) is 17.0. The Morgan fingerprint density at radius 3 is 2.28 bits per heavy atom. The van der Waals surface area contributed by atoms with Crippen molar-refractivity contribution in [3.63, 3.8) is 0 Å². The summed E-state index contributed by atoms with van der Waals surface area (Å²) in [7, 11) is -4.45. The van der Waals surface area contributed by atoms with E-state index in [1.54, 1.807) is 76.8 Å². The van der Waals surface area contributed by atoms with Gasteiger partial charge < -0.3 is 19.9 Å². The number of hydrogen-bond donors (Lipinski definition) is 2. The molecule has 10 heteroatoms. The van der Waals surface area contributed by atoms with E-state index in [0.29, 0.717) is 39.7 Å². The van der Waals surface area contributed by atoms with E-state index >= 15 is 0 Å². The molecule has 1 heterocycles. The summed E-state index contributed by atoms with van der Waals surface area (Å²) < 4.78 is 44.0. The van der Waals surface area contributed by atoms with E-state index < -0.39 is 22.2 Å². The molecule has 0 aliphatic rings. The number of para-hydroxylation sites is 2. The van der Waals surface area contributed by atoms with Crippen LogP contribution in [0.2, 0.25) is 0 Å². The summed E-state index contributed by atoms with van der Waals surface area (Å²) in [6.45, 7) is 6.72. The van der Waals surface area contributed by atoms with Crippen LogP contribution < -0.4 is 20.7 Å². The van der Waals surface area contributed by atoms with Crippen molar-refractivity contribution in [2.24, 2.45) is 0 Å². The van der Waals surface area contributed by atoms with Crippen LogP contribution in [0.25, 0.3) is 10.9 Å². The van der Waals surface area contributed by atoms with E-state index in [1.807, 2.05) is 24.3 Å². The molecule has 0 atom stereocenters. The summed E-state index contributed by atoms with van der Waals surface area (Å²) >= 11 is 0.